The van der Waals surface area contributed by atoms with Gasteiger partial charge >= 0.3 is 0 Å². The van der Waals surface area contributed by atoms with Crippen molar-refractivity contribution in [3.05, 3.63) is 76.8 Å². The van der Waals surface area contributed by atoms with E-state index in [1.165, 1.54) is 16.7 Å². The minimum absolute atomic E-state index is 0.0229. The van der Waals surface area contributed by atoms with Gasteiger partial charge in [-0.15, -0.1) is 0 Å². The second kappa shape index (κ2) is 7.27. The molecule has 2 aromatic heterocycles. The third-order valence-electron chi connectivity index (χ3n) is 6.56. The molecule has 2 aliphatic heterocycles. The number of aryl methyl sites for hydroxylation is 3. The Bertz CT molecular complexity index is 1090. The first-order valence-electron chi connectivity index (χ1n) is 10.5. The maximum absolute atomic E-state index is 13.4. The van der Waals surface area contributed by atoms with Gasteiger partial charge in [-0.1, -0.05) is 35.5 Å². The highest BCUT2D eigenvalue weighted by Crippen LogP contribution is 2.47. The topological polar surface area (TPSA) is 62.5 Å². The zero-order valence-electron chi connectivity index (χ0n) is 17.6. The molecule has 30 heavy (non-hydrogen) atoms. The molecule has 0 bridgehead atoms. The largest absolute Gasteiger partial charge is 0.361 e. The summed E-state index contributed by atoms with van der Waals surface area (Å²) in [7, 11) is 0. The maximum Gasteiger partial charge on any atom is 0.276 e. The van der Waals surface area contributed by atoms with Crippen molar-refractivity contribution in [3.8, 4) is 0 Å². The van der Waals surface area contributed by atoms with Crippen molar-refractivity contribution in [1.82, 2.24) is 15.0 Å². The van der Waals surface area contributed by atoms with Crippen LogP contribution in [0.15, 0.2) is 53.2 Å². The fourth-order valence-corrected chi connectivity index (χ4v) is 5.17. The molecule has 6 nitrogen and oxygen atoms in total. The Hall–Kier alpha value is -3.15. The first-order valence-corrected chi connectivity index (χ1v) is 10.5. The number of nitrogens with zero attached hydrogens (tertiary/aromatic N) is 4. The first kappa shape index (κ1) is 18.9. The highest BCUT2D eigenvalue weighted by molar-refractivity contribution is 5.93. The number of hydrogen-bond acceptors (Lipinski definition) is 5. The molecule has 0 unspecified atom stereocenters. The normalized spacial score (nSPS) is 23.1. The molecule has 3 aromatic rings. The third kappa shape index (κ3) is 3.07. The van der Waals surface area contributed by atoms with Crippen LogP contribution in [0.1, 0.15) is 39.0 Å². The SMILES string of the molecule is Cc1cc(C(=O)N2C[C@@H]3CN(c4ncccc4C)C[C@@H]3[C@H]2c2ccccc2C)no1. The molecular weight excluding hydrogens is 376 g/mol. The molecule has 1 amide bonds. The van der Waals surface area contributed by atoms with Gasteiger partial charge in [0.1, 0.15) is 11.6 Å². The standard InChI is InChI=1S/C24H26N4O2/c1-15-7-4-5-9-19(15)22-20-14-27(23-16(2)8-6-10-25-23)12-18(20)13-28(22)24(29)21-11-17(3)30-26-21/h4-11,18,20,22H,12-14H2,1-3H3/t18-,20-,22+/m0/s1. The Balaban J connectivity index is 1.50. The van der Waals surface area contributed by atoms with E-state index in [1.54, 1.807) is 6.07 Å². The summed E-state index contributed by atoms with van der Waals surface area (Å²) in [5.74, 6) is 2.41. The molecule has 2 fully saturated rings. The van der Waals surface area contributed by atoms with Gasteiger partial charge in [-0.2, -0.15) is 0 Å². The zero-order valence-corrected chi connectivity index (χ0v) is 17.6. The quantitative estimate of drug-likeness (QED) is 0.664. The summed E-state index contributed by atoms with van der Waals surface area (Å²) in [5.41, 5.74) is 4.02. The van der Waals surface area contributed by atoms with Gasteiger partial charge in [-0.25, -0.2) is 4.98 Å². The number of carbonyl (C=O) groups is 1. The van der Waals surface area contributed by atoms with Crippen molar-refractivity contribution in [3.63, 3.8) is 0 Å². The van der Waals surface area contributed by atoms with E-state index in [0.29, 0.717) is 23.3 Å². The molecule has 0 radical (unpaired) electrons. The second-order valence-electron chi connectivity index (χ2n) is 8.55. The van der Waals surface area contributed by atoms with Gasteiger partial charge in [0, 0.05) is 43.7 Å². The Morgan fingerprint density at radius 3 is 2.57 bits per heavy atom. The molecule has 154 valence electrons. The van der Waals surface area contributed by atoms with Crippen LogP contribution in [0.25, 0.3) is 0 Å². The molecule has 3 atom stereocenters. The van der Waals surface area contributed by atoms with Gasteiger partial charge in [0.05, 0.1) is 6.04 Å². The molecule has 0 spiro atoms. The number of benzene rings is 1. The van der Waals surface area contributed by atoms with E-state index in [9.17, 15) is 4.79 Å². The minimum atomic E-state index is -0.0462. The third-order valence-corrected chi connectivity index (χ3v) is 6.56. The lowest BCUT2D eigenvalue weighted by molar-refractivity contribution is 0.0704. The minimum Gasteiger partial charge on any atom is -0.361 e. The summed E-state index contributed by atoms with van der Waals surface area (Å²) in [6.07, 6.45) is 1.86. The van der Waals surface area contributed by atoms with Gasteiger partial charge < -0.3 is 14.3 Å². The highest BCUT2D eigenvalue weighted by atomic mass is 16.5. The van der Waals surface area contributed by atoms with Crippen LogP contribution in [0, 0.1) is 32.6 Å². The van der Waals surface area contributed by atoms with Crippen LogP contribution in [-0.4, -0.2) is 40.6 Å². The highest BCUT2D eigenvalue weighted by Gasteiger charge is 2.50. The lowest BCUT2D eigenvalue weighted by Crippen LogP contribution is -2.36. The average molecular weight is 402 g/mol. The Labute approximate surface area is 176 Å². The van der Waals surface area contributed by atoms with Crippen molar-refractivity contribution >= 4 is 11.7 Å². The van der Waals surface area contributed by atoms with E-state index in [2.05, 4.69) is 59.2 Å². The molecule has 0 aliphatic carbocycles. The van der Waals surface area contributed by atoms with Gasteiger partial charge in [0.15, 0.2) is 5.69 Å². The number of carbonyl (C=O) groups excluding carboxylic acids is 1. The van der Waals surface area contributed by atoms with Gasteiger partial charge in [0.2, 0.25) is 0 Å². The Kier molecular flexibility index (Phi) is 4.57. The summed E-state index contributed by atoms with van der Waals surface area (Å²) in [5, 5.41) is 3.99. The van der Waals surface area contributed by atoms with Crippen molar-refractivity contribution in [1.29, 1.82) is 0 Å². The molecule has 1 aromatic carbocycles. The van der Waals surface area contributed by atoms with Crippen molar-refractivity contribution in [2.45, 2.75) is 26.8 Å². The molecule has 4 heterocycles. The predicted molar refractivity (Wildman–Crippen MR) is 114 cm³/mol. The average Bonchev–Trinajstić information content (AvgIpc) is 3.43. The van der Waals surface area contributed by atoms with E-state index in [4.69, 9.17) is 4.52 Å². The number of likely N-dealkylation sites (tertiary alicyclic amines) is 1. The van der Waals surface area contributed by atoms with E-state index in [0.717, 1.165) is 25.5 Å². The number of anilines is 1. The molecular formula is C24H26N4O2. The summed E-state index contributed by atoms with van der Waals surface area (Å²) in [4.78, 5) is 22.4. The summed E-state index contributed by atoms with van der Waals surface area (Å²) >= 11 is 0. The number of aromatic nitrogens is 2. The fourth-order valence-electron chi connectivity index (χ4n) is 5.17. The second-order valence-corrected chi connectivity index (χ2v) is 8.55. The van der Waals surface area contributed by atoms with Crippen molar-refractivity contribution in [2.24, 2.45) is 11.8 Å². The van der Waals surface area contributed by atoms with E-state index in [-0.39, 0.29) is 11.9 Å². The molecule has 2 saturated heterocycles. The van der Waals surface area contributed by atoms with Crippen LogP contribution in [0.2, 0.25) is 0 Å². The summed E-state index contributed by atoms with van der Waals surface area (Å²) < 4.78 is 5.18. The molecule has 2 aliphatic rings. The Morgan fingerprint density at radius 2 is 1.83 bits per heavy atom. The van der Waals surface area contributed by atoms with Gasteiger partial charge in [0.25, 0.3) is 5.91 Å². The van der Waals surface area contributed by atoms with Crippen molar-refractivity contribution < 1.29 is 9.32 Å². The van der Waals surface area contributed by atoms with Gasteiger partial charge in [-0.3, -0.25) is 4.79 Å². The molecule has 5 rings (SSSR count). The molecule has 6 heteroatoms. The summed E-state index contributed by atoms with van der Waals surface area (Å²) in [6, 6.07) is 14.2. The smallest absolute Gasteiger partial charge is 0.276 e. The van der Waals surface area contributed by atoms with Gasteiger partial charge in [-0.05, 0) is 43.5 Å². The zero-order chi connectivity index (χ0) is 20.8. The Morgan fingerprint density at radius 1 is 1.03 bits per heavy atom. The summed E-state index contributed by atoms with van der Waals surface area (Å²) in [6.45, 7) is 8.57. The first-order chi connectivity index (χ1) is 14.5. The van der Waals surface area contributed by atoms with Crippen LogP contribution in [-0.2, 0) is 0 Å². The van der Waals surface area contributed by atoms with Crippen LogP contribution in [0.5, 0.6) is 0 Å². The van der Waals surface area contributed by atoms with Crippen LogP contribution in [0.3, 0.4) is 0 Å². The number of fused-ring (bicyclic) bond motifs is 1. The molecule has 0 saturated carbocycles. The fraction of sp³-hybridized carbons (Fsp3) is 0.375. The van der Waals surface area contributed by atoms with Crippen molar-refractivity contribution in [2.75, 3.05) is 24.5 Å². The van der Waals surface area contributed by atoms with Crippen LogP contribution >= 0.6 is 0 Å². The predicted octanol–water partition coefficient (Wildman–Crippen LogP) is 3.94. The maximum atomic E-state index is 13.4. The van der Waals surface area contributed by atoms with E-state index < -0.39 is 0 Å². The van der Waals surface area contributed by atoms with E-state index >= 15 is 0 Å². The van der Waals surface area contributed by atoms with Crippen LogP contribution in [0.4, 0.5) is 5.82 Å². The monoisotopic (exact) mass is 402 g/mol. The number of rotatable bonds is 3. The number of pyridine rings is 1. The molecule has 0 N–H and O–H groups in total. The lowest BCUT2D eigenvalue weighted by Gasteiger charge is -2.31. The lowest BCUT2D eigenvalue weighted by atomic mass is 9.87. The van der Waals surface area contributed by atoms with Crippen LogP contribution < -0.4 is 4.90 Å². The number of hydrogen-bond donors (Lipinski definition) is 0. The number of amides is 1. The van der Waals surface area contributed by atoms with E-state index in [1.807, 2.05) is 24.1 Å².